The molecular formula is C15H18BrNOS. The standard InChI is InChI=1S/C15H18BrNOS/c1-14(2,3)19(18)17-13-9-15(6-7-15)12-8-10(16)4-5-11(12)13/h4-5,8H,6-7,9H2,1-3H3/b17-13+. The van der Waals surface area contributed by atoms with Gasteiger partial charge in [-0.1, -0.05) is 26.4 Å². The van der Waals surface area contributed by atoms with E-state index in [4.69, 9.17) is 0 Å². The van der Waals surface area contributed by atoms with Crippen LogP contribution < -0.4 is 0 Å². The second-order valence-corrected chi connectivity index (χ2v) is 9.37. The first-order valence-electron chi connectivity index (χ1n) is 6.62. The Morgan fingerprint density at radius 3 is 2.58 bits per heavy atom. The van der Waals surface area contributed by atoms with E-state index < -0.39 is 11.4 Å². The predicted octanol–water partition coefficient (Wildman–Crippen LogP) is 4.14. The van der Waals surface area contributed by atoms with Gasteiger partial charge in [-0.15, -0.1) is 0 Å². The monoisotopic (exact) mass is 339 g/mol. The van der Waals surface area contributed by atoms with E-state index in [0.717, 1.165) is 16.6 Å². The smallest absolute Gasteiger partial charge is 0.144 e. The van der Waals surface area contributed by atoms with Gasteiger partial charge in [0.1, 0.15) is 16.1 Å². The van der Waals surface area contributed by atoms with E-state index in [2.05, 4.69) is 38.5 Å². The lowest BCUT2D eigenvalue weighted by Gasteiger charge is -2.18. The van der Waals surface area contributed by atoms with Gasteiger partial charge in [-0.3, -0.25) is 0 Å². The molecule has 0 radical (unpaired) electrons. The van der Waals surface area contributed by atoms with Crippen molar-refractivity contribution in [2.75, 3.05) is 0 Å². The van der Waals surface area contributed by atoms with Crippen LogP contribution in [0.5, 0.6) is 0 Å². The number of halogens is 1. The number of fused-ring (bicyclic) bond motifs is 2. The molecule has 19 heavy (non-hydrogen) atoms. The summed E-state index contributed by atoms with van der Waals surface area (Å²) in [5.41, 5.74) is 3.94. The molecule has 4 heteroatoms. The molecule has 0 aromatic heterocycles. The molecule has 0 amide bonds. The average Bonchev–Trinajstić information content (AvgIpc) is 3.01. The average molecular weight is 340 g/mol. The van der Waals surface area contributed by atoms with E-state index in [9.17, 15) is 4.55 Å². The third-order valence-corrected chi connectivity index (χ3v) is 5.87. The first-order valence-corrected chi connectivity index (χ1v) is 8.52. The second kappa shape index (κ2) is 4.34. The van der Waals surface area contributed by atoms with E-state index in [1.54, 1.807) is 0 Å². The highest BCUT2D eigenvalue weighted by Crippen LogP contribution is 2.57. The van der Waals surface area contributed by atoms with Gasteiger partial charge < -0.3 is 4.55 Å². The van der Waals surface area contributed by atoms with Crippen molar-refractivity contribution in [3.05, 3.63) is 33.8 Å². The molecule has 0 N–H and O–H groups in total. The third kappa shape index (κ3) is 2.39. The summed E-state index contributed by atoms with van der Waals surface area (Å²) in [7, 11) is 0. The maximum atomic E-state index is 12.2. The third-order valence-electron chi connectivity index (χ3n) is 3.94. The van der Waals surface area contributed by atoms with Crippen molar-refractivity contribution < 1.29 is 4.55 Å². The molecule has 1 aromatic carbocycles. The Hall–Kier alpha value is -0.320. The molecule has 1 atom stereocenters. The fourth-order valence-corrected chi connectivity index (χ4v) is 3.63. The molecule has 2 aliphatic carbocycles. The quantitative estimate of drug-likeness (QED) is 0.708. The van der Waals surface area contributed by atoms with Crippen molar-refractivity contribution in [3.8, 4) is 0 Å². The van der Waals surface area contributed by atoms with Crippen LogP contribution in [0.25, 0.3) is 0 Å². The lowest BCUT2D eigenvalue weighted by molar-refractivity contribution is 0.561. The Morgan fingerprint density at radius 1 is 1.32 bits per heavy atom. The van der Waals surface area contributed by atoms with E-state index in [1.165, 1.54) is 24.0 Å². The Labute approximate surface area is 126 Å². The van der Waals surface area contributed by atoms with Gasteiger partial charge >= 0.3 is 0 Å². The summed E-state index contributed by atoms with van der Waals surface area (Å²) >= 11 is 2.38. The van der Waals surface area contributed by atoms with Crippen LogP contribution >= 0.6 is 15.9 Å². The molecule has 1 aromatic rings. The van der Waals surface area contributed by atoms with Crippen LogP contribution in [-0.4, -0.2) is 15.0 Å². The van der Waals surface area contributed by atoms with Gasteiger partial charge in [0, 0.05) is 21.9 Å². The molecule has 2 nitrogen and oxygen atoms in total. The van der Waals surface area contributed by atoms with Crippen LogP contribution in [0, 0.1) is 0 Å². The maximum absolute atomic E-state index is 12.2. The van der Waals surface area contributed by atoms with Crippen molar-refractivity contribution >= 4 is 33.0 Å². The molecule has 0 bridgehead atoms. The lowest BCUT2D eigenvalue weighted by atomic mass is 9.99. The van der Waals surface area contributed by atoms with Crippen LogP contribution in [-0.2, 0) is 16.8 Å². The molecule has 3 rings (SSSR count). The number of hydrogen-bond acceptors (Lipinski definition) is 2. The molecular weight excluding hydrogens is 322 g/mol. The van der Waals surface area contributed by atoms with Gasteiger partial charge in [-0.25, -0.2) is 0 Å². The van der Waals surface area contributed by atoms with Crippen LogP contribution in [0.15, 0.2) is 27.1 Å². The Balaban J connectivity index is 2.02. The van der Waals surface area contributed by atoms with Gasteiger partial charge in [0.05, 0.1) is 5.71 Å². The van der Waals surface area contributed by atoms with Crippen LogP contribution in [0.2, 0.25) is 0 Å². The molecule has 2 aliphatic rings. The topological polar surface area (TPSA) is 35.4 Å². The fourth-order valence-electron chi connectivity index (χ4n) is 2.63. The summed E-state index contributed by atoms with van der Waals surface area (Å²) in [6.07, 6.45) is 3.43. The minimum atomic E-state index is -1.17. The Kier molecular flexibility index (Phi) is 3.12. The van der Waals surface area contributed by atoms with E-state index in [1.807, 2.05) is 20.8 Å². The zero-order chi connectivity index (χ0) is 13.8. The fraction of sp³-hybridized carbons (Fsp3) is 0.533. The van der Waals surface area contributed by atoms with Crippen LogP contribution in [0.1, 0.15) is 51.2 Å². The first-order chi connectivity index (χ1) is 8.82. The maximum Gasteiger partial charge on any atom is 0.144 e. The Morgan fingerprint density at radius 2 is 2.00 bits per heavy atom. The van der Waals surface area contributed by atoms with Crippen molar-refractivity contribution in [1.29, 1.82) is 0 Å². The van der Waals surface area contributed by atoms with Crippen molar-refractivity contribution in [2.45, 2.75) is 50.2 Å². The number of rotatable bonds is 1. The summed E-state index contributed by atoms with van der Waals surface area (Å²) in [5, 5.41) is 0. The van der Waals surface area contributed by atoms with Gasteiger partial charge in [-0.2, -0.15) is 0 Å². The number of hydrogen-bond donors (Lipinski definition) is 0. The van der Waals surface area contributed by atoms with Crippen LogP contribution in [0.3, 0.4) is 0 Å². The highest BCUT2D eigenvalue weighted by Gasteiger charge is 2.52. The summed E-state index contributed by atoms with van der Waals surface area (Å²) in [4.78, 5) is 0. The van der Waals surface area contributed by atoms with E-state index >= 15 is 0 Å². The molecule has 0 saturated heterocycles. The van der Waals surface area contributed by atoms with E-state index in [-0.39, 0.29) is 4.75 Å². The van der Waals surface area contributed by atoms with Crippen molar-refractivity contribution in [3.63, 3.8) is 0 Å². The second-order valence-electron chi connectivity index (χ2n) is 6.55. The minimum absolute atomic E-state index is 0.290. The summed E-state index contributed by atoms with van der Waals surface area (Å²) in [5.74, 6) is 0. The predicted molar refractivity (Wildman–Crippen MR) is 84.1 cm³/mol. The van der Waals surface area contributed by atoms with Gasteiger partial charge in [-0.05, 0) is 51.3 Å². The first kappa shape index (κ1) is 13.7. The largest absolute Gasteiger partial charge is 0.591 e. The Bertz CT molecular complexity index is 558. The number of benzene rings is 1. The van der Waals surface area contributed by atoms with Crippen LogP contribution in [0.4, 0.5) is 0 Å². The molecule has 0 heterocycles. The zero-order valence-corrected chi connectivity index (χ0v) is 13.9. The molecule has 1 spiro atoms. The van der Waals surface area contributed by atoms with Gasteiger partial charge in [0.25, 0.3) is 0 Å². The zero-order valence-electron chi connectivity index (χ0n) is 11.5. The summed E-state index contributed by atoms with van der Waals surface area (Å²) in [6.45, 7) is 5.91. The highest BCUT2D eigenvalue weighted by molar-refractivity contribution is 9.10. The number of nitrogens with zero attached hydrogens (tertiary/aromatic N) is 1. The SMILES string of the molecule is CC(C)(C)[S+]([O-])/N=C1\CC2(CC2)c2cc(Br)ccc21. The van der Waals surface area contributed by atoms with Crippen molar-refractivity contribution in [1.82, 2.24) is 0 Å². The van der Waals surface area contributed by atoms with Crippen molar-refractivity contribution in [2.24, 2.45) is 4.40 Å². The summed E-state index contributed by atoms with van der Waals surface area (Å²) < 4.78 is 17.6. The molecule has 1 saturated carbocycles. The molecule has 1 fully saturated rings. The van der Waals surface area contributed by atoms with E-state index in [0.29, 0.717) is 5.41 Å². The minimum Gasteiger partial charge on any atom is -0.591 e. The normalized spacial score (nSPS) is 23.7. The van der Waals surface area contributed by atoms with Gasteiger partial charge in [0.2, 0.25) is 0 Å². The molecule has 102 valence electrons. The highest BCUT2D eigenvalue weighted by atomic mass is 79.9. The summed E-state index contributed by atoms with van der Waals surface area (Å²) in [6, 6.07) is 6.38. The lowest BCUT2D eigenvalue weighted by Crippen LogP contribution is -2.26. The van der Waals surface area contributed by atoms with Gasteiger partial charge in [0.15, 0.2) is 0 Å². The molecule has 0 aliphatic heterocycles. The molecule has 1 unspecified atom stereocenters.